The molecule has 0 spiro atoms. The van der Waals surface area contributed by atoms with Crippen molar-refractivity contribution in [2.75, 3.05) is 0 Å². The van der Waals surface area contributed by atoms with Crippen molar-refractivity contribution in [3.63, 3.8) is 0 Å². The van der Waals surface area contributed by atoms with Crippen LogP contribution in [0.1, 0.15) is 27.6 Å². The van der Waals surface area contributed by atoms with E-state index >= 15 is 0 Å². The molecule has 0 amide bonds. The van der Waals surface area contributed by atoms with Gasteiger partial charge in [-0.3, -0.25) is 0 Å². The molecule has 5 heteroatoms. The lowest BCUT2D eigenvalue weighted by Crippen LogP contribution is -2.03. The molecule has 60 valence electrons. The van der Waals surface area contributed by atoms with E-state index in [1.54, 1.807) is 6.92 Å². The number of nitrogens with two attached hydrogens (primary N) is 1. The summed E-state index contributed by atoms with van der Waals surface area (Å²) >= 11 is 1.11. The van der Waals surface area contributed by atoms with Crippen molar-refractivity contribution in [1.82, 2.24) is 4.98 Å². The highest BCUT2D eigenvalue weighted by Gasteiger charge is 2.10. The van der Waals surface area contributed by atoms with E-state index in [1.807, 2.05) is 0 Å². The number of hydrogen-bond donors (Lipinski definition) is 2. The van der Waals surface area contributed by atoms with Crippen molar-refractivity contribution in [1.29, 1.82) is 0 Å². The predicted octanol–water partition coefficient (Wildman–Crippen LogP) is 0.861. The predicted molar refractivity (Wildman–Crippen MR) is 41.7 cm³/mol. The summed E-state index contributed by atoms with van der Waals surface area (Å²) in [5.74, 6) is -0.950. The summed E-state index contributed by atoms with van der Waals surface area (Å²) in [6.07, 6.45) is 1.33. The monoisotopic (exact) mass is 172 g/mol. The van der Waals surface area contributed by atoms with Gasteiger partial charge in [-0.1, -0.05) is 0 Å². The number of aromatic carboxylic acids is 1. The van der Waals surface area contributed by atoms with Gasteiger partial charge >= 0.3 is 5.97 Å². The second-order valence-electron chi connectivity index (χ2n) is 2.16. The molecule has 1 atom stereocenters. The van der Waals surface area contributed by atoms with Crippen LogP contribution in [0.3, 0.4) is 0 Å². The fourth-order valence-corrected chi connectivity index (χ4v) is 1.31. The van der Waals surface area contributed by atoms with E-state index in [0.29, 0.717) is 5.01 Å². The minimum Gasteiger partial charge on any atom is -0.477 e. The summed E-state index contributed by atoms with van der Waals surface area (Å²) in [5, 5.41) is 9.16. The highest BCUT2D eigenvalue weighted by Crippen LogP contribution is 2.17. The minimum absolute atomic E-state index is 0.187. The van der Waals surface area contributed by atoms with Crippen LogP contribution in [0.4, 0.5) is 0 Å². The Morgan fingerprint density at radius 1 is 1.91 bits per heavy atom. The third-order valence-corrected chi connectivity index (χ3v) is 2.31. The molecule has 0 radical (unpaired) electrons. The summed E-state index contributed by atoms with van der Waals surface area (Å²) in [6, 6.07) is -0.187. The van der Waals surface area contributed by atoms with E-state index in [2.05, 4.69) is 4.98 Å². The molecule has 3 N–H and O–H groups in total. The van der Waals surface area contributed by atoms with Gasteiger partial charge in [-0.2, -0.15) is 0 Å². The van der Waals surface area contributed by atoms with E-state index in [1.165, 1.54) is 6.20 Å². The highest BCUT2D eigenvalue weighted by atomic mass is 32.1. The number of carbonyl (C=O) groups is 1. The number of aromatic nitrogens is 1. The number of rotatable bonds is 2. The van der Waals surface area contributed by atoms with E-state index in [9.17, 15) is 4.79 Å². The standard InChI is InChI=1S/C6H8N2O2S/c1-3(7)5-8-2-4(11-5)6(9)10/h2-3H,7H2,1H3,(H,9,10)/t3-/m0/s1. The number of carboxylic acid groups (broad SMARTS) is 1. The fraction of sp³-hybridized carbons (Fsp3) is 0.333. The number of nitrogens with zero attached hydrogens (tertiary/aromatic N) is 1. The van der Waals surface area contributed by atoms with Gasteiger partial charge in [0.15, 0.2) is 0 Å². The van der Waals surface area contributed by atoms with Gasteiger partial charge in [0.2, 0.25) is 0 Å². The Labute approximate surface area is 67.7 Å². The Morgan fingerprint density at radius 3 is 2.82 bits per heavy atom. The number of thiazole rings is 1. The summed E-state index contributed by atoms with van der Waals surface area (Å²) in [6.45, 7) is 1.77. The van der Waals surface area contributed by atoms with Gasteiger partial charge < -0.3 is 10.8 Å². The lowest BCUT2D eigenvalue weighted by molar-refractivity contribution is 0.0702. The van der Waals surface area contributed by atoms with Crippen LogP contribution in [0.15, 0.2) is 6.20 Å². The van der Waals surface area contributed by atoms with E-state index in [-0.39, 0.29) is 10.9 Å². The van der Waals surface area contributed by atoms with Gasteiger partial charge in [-0.25, -0.2) is 9.78 Å². The first-order valence-electron chi connectivity index (χ1n) is 3.06. The average molecular weight is 172 g/mol. The molecule has 0 aliphatic heterocycles. The van der Waals surface area contributed by atoms with E-state index in [4.69, 9.17) is 10.8 Å². The molecule has 1 rings (SSSR count). The topological polar surface area (TPSA) is 76.2 Å². The zero-order chi connectivity index (χ0) is 8.43. The van der Waals surface area contributed by atoms with Crippen molar-refractivity contribution in [3.05, 3.63) is 16.1 Å². The summed E-state index contributed by atoms with van der Waals surface area (Å²) in [5.41, 5.74) is 5.48. The molecule has 1 aromatic rings. The van der Waals surface area contributed by atoms with Crippen molar-refractivity contribution in [3.8, 4) is 0 Å². The Hall–Kier alpha value is -0.940. The van der Waals surface area contributed by atoms with Crippen molar-refractivity contribution < 1.29 is 9.90 Å². The first-order chi connectivity index (χ1) is 5.11. The molecule has 0 aromatic carbocycles. The molecule has 11 heavy (non-hydrogen) atoms. The van der Waals surface area contributed by atoms with Gasteiger partial charge in [0.25, 0.3) is 0 Å². The van der Waals surface area contributed by atoms with E-state index < -0.39 is 5.97 Å². The average Bonchev–Trinajstić information content (AvgIpc) is 2.33. The third kappa shape index (κ3) is 1.75. The lowest BCUT2D eigenvalue weighted by atomic mass is 10.4. The molecule has 0 aliphatic rings. The van der Waals surface area contributed by atoms with Crippen molar-refractivity contribution in [2.24, 2.45) is 5.73 Å². The first-order valence-corrected chi connectivity index (χ1v) is 3.87. The highest BCUT2D eigenvalue weighted by molar-refractivity contribution is 7.13. The molecule has 0 aliphatic carbocycles. The Balaban J connectivity index is 2.90. The van der Waals surface area contributed by atoms with Gasteiger partial charge in [0.05, 0.1) is 12.2 Å². The molecule has 0 fully saturated rings. The largest absolute Gasteiger partial charge is 0.477 e. The molecule has 1 heterocycles. The van der Waals surface area contributed by atoms with Gasteiger partial charge in [-0.15, -0.1) is 11.3 Å². The number of carboxylic acids is 1. The van der Waals surface area contributed by atoms with Crippen LogP contribution in [-0.2, 0) is 0 Å². The maximum atomic E-state index is 10.4. The van der Waals surface area contributed by atoms with Crippen LogP contribution in [0.5, 0.6) is 0 Å². The summed E-state index contributed by atoms with van der Waals surface area (Å²) < 4.78 is 0. The fourth-order valence-electron chi connectivity index (χ4n) is 0.597. The molecule has 0 unspecified atom stereocenters. The molecule has 4 nitrogen and oxygen atoms in total. The molecular weight excluding hydrogens is 164 g/mol. The molecular formula is C6H8N2O2S. The van der Waals surface area contributed by atoms with Crippen LogP contribution in [0.2, 0.25) is 0 Å². The first kappa shape index (κ1) is 8.16. The van der Waals surface area contributed by atoms with Crippen molar-refractivity contribution in [2.45, 2.75) is 13.0 Å². The van der Waals surface area contributed by atoms with Crippen LogP contribution < -0.4 is 5.73 Å². The Morgan fingerprint density at radius 2 is 2.55 bits per heavy atom. The SMILES string of the molecule is C[C@H](N)c1ncc(C(=O)O)s1. The van der Waals surface area contributed by atoms with Crippen LogP contribution in [0, 0.1) is 0 Å². The van der Waals surface area contributed by atoms with Crippen LogP contribution in [0.25, 0.3) is 0 Å². The molecule has 1 aromatic heterocycles. The second-order valence-corrected chi connectivity index (χ2v) is 3.22. The van der Waals surface area contributed by atoms with Crippen molar-refractivity contribution >= 4 is 17.3 Å². The van der Waals surface area contributed by atoms with Crippen LogP contribution >= 0.6 is 11.3 Å². The Bertz CT molecular complexity index is 269. The van der Waals surface area contributed by atoms with Gasteiger partial charge in [0.1, 0.15) is 9.88 Å². The smallest absolute Gasteiger partial charge is 0.347 e. The maximum absolute atomic E-state index is 10.4. The Kier molecular flexibility index (Phi) is 2.21. The molecule has 0 saturated carbocycles. The van der Waals surface area contributed by atoms with E-state index in [0.717, 1.165) is 11.3 Å². The quantitative estimate of drug-likeness (QED) is 0.693. The van der Waals surface area contributed by atoms with Gasteiger partial charge in [0, 0.05) is 0 Å². The molecule has 0 bridgehead atoms. The zero-order valence-electron chi connectivity index (χ0n) is 5.94. The maximum Gasteiger partial charge on any atom is 0.347 e. The van der Waals surface area contributed by atoms with Crippen LogP contribution in [-0.4, -0.2) is 16.1 Å². The summed E-state index contributed by atoms with van der Waals surface area (Å²) in [7, 11) is 0. The zero-order valence-corrected chi connectivity index (χ0v) is 6.76. The lowest BCUT2D eigenvalue weighted by Gasteiger charge is -1.95. The van der Waals surface area contributed by atoms with Gasteiger partial charge in [-0.05, 0) is 6.92 Å². The normalized spacial score (nSPS) is 12.9. The summed E-state index contributed by atoms with van der Waals surface area (Å²) in [4.78, 5) is 14.4. The number of hydrogen-bond acceptors (Lipinski definition) is 4. The molecule has 0 saturated heterocycles. The minimum atomic E-state index is -0.950. The second kappa shape index (κ2) is 2.98. The third-order valence-electron chi connectivity index (χ3n) is 1.12.